The summed E-state index contributed by atoms with van der Waals surface area (Å²) >= 11 is 6.11. The number of aromatic nitrogens is 1. The Labute approximate surface area is 199 Å². The van der Waals surface area contributed by atoms with Crippen LogP contribution >= 0.6 is 11.6 Å². The summed E-state index contributed by atoms with van der Waals surface area (Å²) in [4.78, 5) is 19.3. The van der Waals surface area contributed by atoms with Crippen molar-refractivity contribution in [2.24, 2.45) is 0 Å². The molecule has 1 fully saturated rings. The molecule has 9 nitrogen and oxygen atoms in total. The van der Waals surface area contributed by atoms with Crippen molar-refractivity contribution in [2.45, 2.75) is 31.4 Å². The van der Waals surface area contributed by atoms with Crippen molar-refractivity contribution < 1.29 is 24.5 Å². The number of unbranched alkanes of at least 4 members (excludes halogenated alkanes) is 1. The number of nitrogen functional groups attached to an aromatic ring is 1. The molecule has 5 N–H and O–H groups in total. The van der Waals surface area contributed by atoms with Crippen molar-refractivity contribution in [3.63, 3.8) is 0 Å². The number of hydrogen-bond donors (Lipinski definition) is 2. The van der Waals surface area contributed by atoms with Crippen molar-refractivity contribution in [2.75, 3.05) is 46.2 Å². The third-order valence-corrected chi connectivity index (χ3v) is 5.93. The first-order valence-electron chi connectivity index (χ1n) is 10.7. The van der Waals surface area contributed by atoms with Crippen LogP contribution in [-0.4, -0.2) is 73.9 Å². The number of nitrogens with one attached hydrogen (secondary N) is 1. The molecule has 2 heterocycles. The van der Waals surface area contributed by atoms with Crippen LogP contribution < -0.4 is 20.5 Å². The number of likely N-dealkylation sites (tertiary alicyclic amines) is 1. The Kier molecular flexibility index (Phi) is 10.7. The van der Waals surface area contributed by atoms with E-state index >= 15 is 0 Å². The molecule has 0 aliphatic carbocycles. The number of carbonyl (C=O) groups excluding carboxylic acids is 1. The Morgan fingerprint density at radius 1 is 1.33 bits per heavy atom. The molecule has 1 aliphatic heterocycles. The van der Waals surface area contributed by atoms with Crippen molar-refractivity contribution in [3.8, 4) is 11.5 Å². The second kappa shape index (κ2) is 13.2. The Morgan fingerprint density at radius 2 is 2.15 bits per heavy atom. The van der Waals surface area contributed by atoms with E-state index in [-0.39, 0.29) is 23.5 Å². The van der Waals surface area contributed by atoms with Gasteiger partial charge in [-0.2, -0.15) is 0 Å². The Bertz CT molecular complexity index is 887. The molecule has 0 radical (unpaired) electrons. The zero-order chi connectivity index (χ0) is 22.9. The summed E-state index contributed by atoms with van der Waals surface area (Å²) in [6, 6.07) is 6.77. The highest BCUT2D eigenvalue weighted by atomic mass is 35.5. The molecule has 10 heteroatoms. The maximum absolute atomic E-state index is 12.9. The largest absolute Gasteiger partial charge is 0.496 e. The number of amides is 1. The van der Waals surface area contributed by atoms with Crippen molar-refractivity contribution in [1.29, 1.82) is 0 Å². The first-order chi connectivity index (χ1) is 15.5. The lowest BCUT2D eigenvalue weighted by Crippen LogP contribution is -2.54. The smallest absolute Gasteiger partial charge is 0.255 e. The molecule has 182 valence electrons. The number of rotatable bonds is 10. The molecule has 1 saturated heterocycles. The van der Waals surface area contributed by atoms with Gasteiger partial charge in [0.2, 0.25) is 0 Å². The van der Waals surface area contributed by atoms with Gasteiger partial charge in [-0.3, -0.25) is 9.78 Å². The standard InChI is InChI=1S/C23H31ClN4O4.H2O/c1-30-21-13-19(25)18(24)12-17(21)23(29)27-20-7-10-28(15-22(20)31-2)9-3-4-11-32-16-6-5-8-26-14-16;/h5-6,8,12-14,20,22H,3-4,7,9-11,15,25H2,1-2H3,(H,27,29);1H2/t20-,22+;/m0./s1. The minimum Gasteiger partial charge on any atom is -0.496 e. The summed E-state index contributed by atoms with van der Waals surface area (Å²) in [6.07, 6.45) is 6.12. The van der Waals surface area contributed by atoms with Crippen molar-refractivity contribution in [3.05, 3.63) is 47.2 Å². The zero-order valence-corrected chi connectivity index (χ0v) is 19.8. The van der Waals surface area contributed by atoms with Crippen LogP contribution in [0.1, 0.15) is 29.6 Å². The highest BCUT2D eigenvalue weighted by Crippen LogP contribution is 2.29. The van der Waals surface area contributed by atoms with Gasteiger partial charge in [-0.15, -0.1) is 0 Å². The predicted molar refractivity (Wildman–Crippen MR) is 128 cm³/mol. The molecule has 0 bridgehead atoms. The van der Waals surface area contributed by atoms with Crippen LogP contribution in [0, 0.1) is 0 Å². The van der Waals surface area contributed by atoms with E-state index in [4.69, 9.17) is 31.5 Å². The molecule has 0 unspecified atom stereocenters. The molecule has 1 aliphatic rings. The summed E-state index contributed by atoms with van der Waals surface area (Å²) in [7, 11) is 3.17. The van der Waals surface area contributed by atoms with E-state index in [2.05, 4.69) is 15.2 Å². The highest BCUT2D eigenvalue weighted by Gasteiger charge is 2.31. The van der Waals surface area contributed by atoms with Crippen molar-refractivity contribution in [1.82, 2.24) is 15.2 Å². The Balaban J connectivity index is 0.00000385. The summed E-state index contributed by atoms with van der Waals surface area (Å²) < 4.78 is 16.7. The Hall–Kier alpha value is -2.59. The third kappa shape index (κ3) is 7.46. The molecule has 3 rings (SSSR count). The fourth-order valence-electron chi connectivity index (χ4n) is 3.81. The molecular weight excluding hydrogens is 448 g/mol. The second-order valence-corrected chi connectivity index (χ2v) is 8.17. The fraction of sp³-hybridized carbons (Fsp3) is 0.478. The first-order valence-corrected chi connectivity index (χ1v) is 11.1. The monoisotopic (exact) mass is 480 g/mol. The maximum atomic E-state index is 12.9. The number of ether oxygens (including phenoxy) is 3. The minimum absolute atomic E-state index is 0. The number of carbonyl (C=O) groups is 1. The third-order valence-electron chi connectivity index (χ3n) is 5.60. The van der Waals surface area contributed by atoms with E-state index in [0.29, 0.717) is 28.6 Å². The van der Waals surface area contributed by atoms with E-state index in [0.717, 1.165) is 44.6 Å². The highest BCUT2D eigenvalue weighted by molar-refractivity contribution is 6.33. The number of pyridine rings is 1. The lowest BCUT2D eigenvalue weighted by Gasteiger charge is -2.38. The molecule has 0 spiro atoms. The van der Waals surface area contributed by atoms with Gasteiger partial charge in [-0.1, -0.05) is 11.6 Å². The van der Waals surface area contributed by atoms with E-state index in [9.17, 15) is 4.79 Å². The average Bonchev–Trinajstić information content (AvgIpc) is 2.81. The van der Waals surface area contributed by atoms with Crippen LogP contribution in [0.5, 0.6) is 11.5 Å². The van der Waals surface area contributed by atoms with Crippen LogP contribution in [-0.2, 0) is 4.74 Å². The van der Waals surface area contributed by atoms with Crippen molar-refractivity contribution >= 4 is 23.2 Å². The number of nitrogens with zero attached hydrogens (tertiary/aromatic N) is 2. The molecule has 2 aromatic rings. The summed E-state index contributed by atoms with van der Waals surface area (Å²) in [5, 5.41) is 3.40. The predicted octanol–water partition coefficient (Wildman–Crippen LogP) is 2.18. The van der Waals surface area contributed by atoms with Crippen LogP contribution in [0.2, 0.25) is 5.02 Å². The number of piperidine rings is 1. The number of nitrogens with two attached hydrogens (primary N) is 1. The number of hydrogen-bond acceptors (Lipinski definition) is 7. The lowest BCUT2D eigenvalue weighted by atomic mass is 10.0. The van der Waals surface area contributed by atoms with E-state index in [1.54, 1.807) is 25.6 Å². The quantitative estimate of drug-likeness (QED) is 0.393. The summed E-state index contributed by atoms with van der Waals surface area (Å²) in [5.74, 6) is 0.934. The molecular formula is C23H33ClN4O5. The Morgan fingerprint density at radius 3 is 2.85 bits per heavy atom. The van der Waals surface area contributed by atoms with Crippen LogP contribution in [0.15, 0.2) is 36.7 Å². The van der Waals surface area contributed by atoms with Gasteiger partial charge in [0.05, 0.1) is 48.3 Å². The fourth-order valence-corrected chi connectivity index (χ4v) is 3.97. The van der Waals surface area contributed by atoms with Gasteiger partial charge < -0.3 is 35.6 Å². The van der Waals surface area contributed by atoms with Crippen LogP contribution in [0.4, 0.5) is 5.69 Å². The first kappa shape index (κ1) is 26.7. The van der Waals surface area contributed by atoms with Crippen LogP contribution in [0.25, 0.3) is 0 Å². The van der Waals surface area contributed by atoms with Gasteiger partial charge in [-0.05, 0) is 44.0 Å². The second-order valence-electron chi connectivity index (χ2n) is 7.76. The molecule has 1 aromatic carbocycles. The van der Waals surface area contributed by atoms with Gasteiger partial charge in [0.1, 0.15) is 11.5 Å². The zero-order valence-electron chi connectivity index (χ0n) is 19.1. The maximum Gasteiger partial charge on any atom is 0.255 e. The van der Waals surface area contributed by atoms with E-state index < -0.39 is 0 Å². The van der Waals surface area contributed by atoms with Gasteiger partial charge in [0.15, 0.2) is 0 Å². The molecule has 33 heavy (non-hydrogen) atoms. The number of halogens is 1. The van der Waals surface area contributed by atoms with Gasteiger partial charge >= 0.3 is 0 Å². The van der Waals surface area contributed by atoms with Crippen LogP contribution in [0.3, 0.4) is 0 Å². The summed E-state index contributed by atoms with van der Waals surface area (Å²) in [6.45, 7) is 3.26. The molecule has 1 aromatic heterocycles. The SMILES string of the molecule is COc1cc(N)c(Cl)cc1C(=O)N[C@H]1CCN(CCCCOc2cccnc2)C[C@H]1OC.O. The molecule has 2 atom stereocenters. The normalized spacial score (nSPS) is 18.3. The topological polar surface area (TPSA) is 130 Å². The van der Waals surface area contributed by atoms with E-state index in [1.807, 2.05) is 12.1 Å². The number of anilines is 1. The van der Waals surface area contributed by atoms with E-state index in [1.165, 1.54) is 13.2 Å². The molecule has 0 saturated carbocycles. The van der Waals surface area contributed by atoms with Gasteiger partial charge in [-0.25, -0.2) is 0 Å². The summed E-state index contributed by atoms with van der Waals surface area (Å²) in [5.41, 5.74) is 6.55. The molecule has 1 amide bonds. The van der Waals surface area contributed by atoms with Gasteiger partial charge in [0.25, 0.3) is 5.91 Å². The number of benzene rings is 1. The lowest BCUT2D eigenvalue weighted by molar-refractivity contribution is 0.00578. The van der Waals surface area contributed by atoms with Gasteiger partial charge in [0, 0.05) is 32.5 Å². The minimum atomic E-state index is -0.253. The number of methoxy groups -OCH3 is 2. The average molecular weight is 481 g/mol.